The second-order valence-corrected chi connectivity index (χ2v) is 8.31. The second kappa shape index (κ2) is 7.99. The summed E-state index contributed by atoms with van der Waals surface area (Å²) in [7, 11) is 0. The van der Waals surface area contributed by atoms with Gasteiger partial charge in [0.2, 0.25) is 0 Å². The summed E-state index contributed by atoms with van der Waals surface area (Å²) >= 11 is 0. The molecular weight excluding hydrogens is 398 g/mol. The number of anilines is 2. The Hall–Kier alpha value is -3.46. The van der Waals surface area contributed by atoms with Crippen LogP contribution in [0.5, 0.6) is 0 Å². The minimum atomic E-state index is -0.985. The van der Waals surface area contributed by atoms with Gasteiger partial charge in [-0.15, -0.1) is 0 Å². The number of aliphatic hydroxyl groups is 1. The number of hydrogen-bond acceptors (Lipinski definition) is 6. The molecular formula is C22H25N5O4. The molecule has 9 nitrogen and oxygen atoms in total. The number of nitrogens with zero attached hydrogens (tertiary/aromatic N) is 4. The van der Waals surface area contributed by atoms with Gasteiger partial charge in [-0.05, 0) is 44.4 Å². The first-order valence-electron chi connectivity index (χ1n) is 10.2. The summed E-state index contributed by atoms with van der Waals surface area (Å²) < 4.78 is 1.65. The summed E-state index contributed by atoms with van der Waals surface area (Å²) in [5.41, 5.74) is 0.723. The number of carbonyl (C=O) groups excluding carboxylic acids is 1. The molecule has 1 aromatic carbocycles. The number of rotatable bonds is 5. The van der Waals surface area contributed by atoms with Crippen molar-refractivity contribution in [1.82, 2.24) is 14.6 Å². The molecule has 1 amide bonds. The Kier molecular flexibility index (Phi) is 5.36. The molecule has 0 saturated carbocycles. The minimum Gasteiger partial charge on any atom is -0.481 e. The molecule has 1 aliphatic heterocycles. The van der Waals surface area contributed by atoms with Crippen LogP contribution in [0.1, 0.15) is 42.6 Å². The van der Waals surface area contributed by atoms with Crippen molar-refractivity contribution in [3.05, 3.63) is 53.7 Å². The average molecular weight is 423 g/mol. The Labute approximate surface area is 179 Å². The Morgan fingerprint density at radius 1 is 1.19 bits per heavy atom. The third-order valence-electron chi connectivity index (χ3n) is 5.53. The molecule has 2 aromatic heterocycles. The lowest BCUT2D eigenvalue weighted by Gasteiger charge is -2.32. The maximum absolute atomic E-state index is 12.8. The number of amides is 1. The summed E-state index contributed by atoms with van der Waals surface area (Å²) in [5.74, 6) is -0.532. The Balaban J connectivity index is 1.60. The lowest BCUT2D eigenvalue weighted by atomic mass is 9.97. The fourth-order valence-electron chi connectivity index (χ4n) is 3.79. The van der Waals surface area contributed by atoms with Crippen LogP contribution in [-0.4, -0.2) is 49.8 Å². The highest BCUT2D eigenvalue weighted by Gasteiger charge is 2.27. The molecule has 1 fully saturated rings. The highest BCUT2D eigenvalue weighted by Crippen LogP contribution is 2.26. The average Bonchev–Trinajstić information content (AvgIpc) is 3.21. The van der Waals surface area contributed by atoms with E-state index in [-0.39, 0.29) is 5.91 Å². The van der Waals surface area contributed by atoms with E-state index in [0.29, 0.717) is 47.9 Å². The van der Waals surface area contributed by atoms with Crippen LogP contribution in [0.3, 0.4) is 0 Å². The predicted octanol–water partition coefficient (Wildman–Crippen LogP) is 2.51. The first kappa shape index (κ1) is 20.8. The normalized spacial score (nSPS) is 17.0. The summed E-state index contributed by atoms with van der Waals surface area (Å²) in [6.07, 6.45) is 3.02. The smallest absolute Gasteiger partial charge is 0.308 e. The van der Waals surface area contributed by atoms with Crippen LogP contribution in [0.15, 0.2) is 42.6 Å². The molecule has 162 valence electrons. The van der Waals surface area contributed by atoms with Gasteiger partial charge in [0.25, 0.3) is 5.91 Å². The monoisotopic (exact) mass is 423 g/mol. The van der Waals surface area contributed by atoms with Crippen molar-refractivity contribution in [2.24, 2.45) is 5.92 Å². The van der Waals surface area contributed by atoms with Gasteiger partial charge in [-0.2, -0.15) is 9.61 Å². The molecule has 1 aliphatic rings. The van der Waals surface area contributed by atoms with Gasteiger partial charge in [0, 0.05) is 30.8 Å². The molecule has 1 saturated heterocycles. The fourth-order valence-corrected chi connectivity index (χ4v) is 3.79. The summed E-state index contributed by atoms with van der Waals surface area (Å²) in [6, 6.07) is 10.2. The number of aliphatic carboxylic acids is 1. The quantitative estimate of drug-likeness (QED) is 0.577. The van der Waals surface area contributed by atoms with E-state index in [4.69, 9.17) is 0 Å². The molecule has 4 rings (SSSR count). The van der Waals surface area contributed by atoms with E-state index in [9.17, 15) is 19.8 Å². The second-order valence-electron chi connectivity index (χ2n) is 8.31. The van der Waals surface area contributed by atoms with Crippen molar-refractivity contribution in [1.29, 1.82) is 0 Å². The molecule has 3 heterocycles. The Bertz CT molecular complexity index is 1120. The van der Waals surface area contributed by atoms with Crippen LogP contribution < -0.4 is 10.2 Å². The largest absolute Gasteiger partial charge is 0.481 e. The number of carbonyl (C=O) groups is 2. The van der Waals surface area contributed by atoms with Crippen molar-refractivity contribution >= 4 is 29.2 Å². The first-order chi connectivity index (χ1) is 14.7. The van der Waals surface area contributed by atoms with Gasteiger partial charge in [-0.25, -0.2) is 4.98 Å². The summed E-state index contributed by atoms with van der Waals surface area (Å²) in [5, 5.41) is 26.6. The lowest BCUT2D eigenvalue weighted by molar-refractivity contribution is -0.141. The van der Waals surface area contributed by atoms with E-state index in [0.717, 1.165) is 6.42 Å². The van der Waals surface area contributed by atoms with Gasteiger partial charge >= 0.3 is 5.97 Å². The van der Waals surface area contributed by atoms with Crippen LogP contribution >= 0.6 is 0 Å². The molecule has 0 radical (unpaired) electrons. The predicted molar refractivity (Wildman–Crippen MR) is 115 cm³/mol. The number of carboxylic acids is 1. The number of aromatic nitrogens is 3. The van der Waals surface area contributed by atoms with Crippen LogP contribution in [0.2, 0.25) is 0 Å². The number of piperidine rings is 1. The molecule has 0 spiro atoms. The molecule has 1 atom stereocenters. The van der Waals surface area contributed by atoms with Gasteiger partial charge in [-0.1, -0.05) is 12.1 Å². The van der Waals surface area contributed by atoms with Crippen molar-refractivity contribution in [2.75, 3.05) is 23.3 Å². The molecule has 3 aromatic rings. The van der Waals surface area contributed by atoms with Crippen molar-refractivity contribution < 1.29 is 19.8 Å². The van der Waals surface area contributed by atoms with Crippen LogP contribution in [0, 0.1) is 5.92 Å². The van der Waals surface area contributed by atoms with E-state index >= 15 is 0 Å². The standard InChI is InChI=1S/C22H25N5O4/c1-22(2,31)16-7-5-14(6-8-16)20(28)25-17-12-19(27-18(24-17)9-10-23-27)26-11-3-4-15(13-26)21(29)30/h5-10,12,15,31H,3-4,11,13H2,1-2H3,(H,29,30)(H,24,25,28). The third-order valence-corrected chi connectivity index (χ3v) is 5.53. The number of benzene rings is 1. The van der Waals surface area contributed by atoms with Crippen LogP contribution in [0.25, 0.3) is 5.65 Å². The van der Waals surface area contributed by atoms with Crippen molar-refractivity contribution in [2.45, 2.75) is 32.3 Å². The number of fused-ring (bicyclic) bond motifs is 1. The minimum absolute atomic E-state index is 0.327. The Morgan fingerprint density at radius 2 is 1.94 bits per heavy atom. The molecule has 0 aliphatic carbocycles. The van der Waals surface area contributed by atoms with Crippen molar-refractivity contribution in [3.8, 4) is 0 Å². The number of carboxylic acid groups (broad SMARTS) is 1. The van der Waals surface area contributed by atoms with Gasteiger partial charge in [0.1, 0.15) is 11.6 Å². The maximum Gasteiger partial charge on any atom is 0.308 e. The highest BCUT2D eigenvalue weighted by molar-refractivity contribution is 6.04. The third kappa shape index (κ3) is 4.36. The number of hydrogen-bond donors (Lipinski definition) is 3. The fraction of sp³-hybridized carbons (Fsp3) is 0.364. The highest BCUT2D eigenvalue weighted by atomic mass is 16.4. The van der Waals surface area contributed by atoms with E-state index < -0.39 is 17.5 Å². The summed E-state index contributed by atoms with van der Waals surface area (Å²) in [4.78, 5) is 30.6. The van der Waals surface area contributed by atoms with E-state index in [1.54, 1.807) is 61.0 Å². The van der Waals surface area contributed by atoms with Gasteiger partial charge < -0.3 is 20.4 Å². The van der Waals surface area contributed by atoms with Gasteiger partial charge in [0.05, 0.1) is 17.7 Å². The van der Waals surface area contributed by atoms with E-state index in [1.807, 2.05) is 4.90 Å². The molecule has 3 N–H and O–H groups in total. The zero-order chi connectivity index (χ0) is 22.2. The SMILES string of the molecule is CC(C)(O)c1ccc(C(=O)Nc2cc(N3CCCC(C(=O)O)C3)n3nccc3n2)cc1. The lowest BCUT2D eigenvalue weighted by Crippen LogP contribution is -2.39. The number of nitrogens with one attached hydrogen (secondary N) is 1. The van der Waals surface area contributed by atoms with Crippen LogP contribution in [0.4, 0.5) is 11.6 Å². The molecule has 9 heteroatoms. The first-order valence-corrected chi connectivity index (χ1v) is 10.2. The van der Waals surface area contributed by atoms with E-state index in [2.05, 4.69) is 15.4 Å². The van der Waals surface area contributed by atoms with E-state index in [1.165, 1.54) is 0 Å². The topological polar surface area (TPSA) is 120 Å². The molecule has 1 unspecified atom stereocenters. The van der Waals surface area contributed by atoms with Gasteiger partial charge in [0.15, 0.2) is 5.65 Å². The Morgan fingerprint density at radius 3 is 2.61 bits per heavy atom. The summed E-state index contributed by atoms with van der Waals surface area (Å²) in [6.45, 7) is 4.45. The van der Waals surface area contributed by atoms with Gasteiger partial charge in [-0.3, -0.25) is 9.59 Å². The van der Waals surface area contributed by atoms with Crippen molar-refractivity contribution in [3.63, 3.8) is 0 Å². The zero-order valence-corrected chi connectivity index (χ0v) is 17.4. The molecule has 0 bridgehead atoms. The maximum atomic E-state index is 12.8. The zero-order valence-electron chi connectivity index (χ0n) is 17.4. The van der Waals surface area contributed by atoms with Crippen LogP contribution in [-0.2, 0) is 10.4 Å². The molecule has 31 heavy (non-hydrogen) atoms.